The van der Waals surface area contributed by atoms with Crippen LogP contribution in [0.4, 0.5) is 5.69 Å². The van der Waals surface area contributed by atoms with E-state index in [0.29, 0.717) is 12.5 Å². The molecule has 0 radical (unpaired) electrons. The van der Waals surface area contributed by atoms with Crippen molar-refractivity contribution in [3.05, 3.63) is 59.7 Å². The Morgan fingerprint density at radius 3 is 2.41 bits per heavy atom. The van der Waals surface area contributed by atoms with Crippen molar-refractivity contribution < 1.29 is 9.53 Å². The van der Waals surface area contributed by atoms with Gasteiger partial charge in [-0.1, -0.05) is 24.3 Å². The van der Waals surface area contributed by atoms with E-state index in [4.69, 9.17) is 10.00 Å². The predicted molar refractivity (Wildman–Crippen MR) is 115 cm³/mol. The number of amides is 1. The van der Waals surface area contributed by atoms with Gasteiger partial charge in [0.05, 0.1) is 18.7 Å². The van der Waals surface area contributed by atoms with Gasteiger partial charge in [0, 0.05) is 18.8 Å². The maximum atomic E-state index is 11.6. The third-order valence-electron chi connectivity index (χ3n) is 5.53. The summed E-state index contributed by atoms with van der Waals surface area (Å²) in [5.41, 5.74) is 3.67. The van der Waals surface area contributed by atoms with Gasteiger partial charge in [0.15, 0.2) is 0 Å². The molecule has 1 aliphatic rings. The number of hydrogen-bond donors (Lipinski definition) is 1. The summed E-state index contributed by atoms with van der Waals surface area (Å²) in [4.78, 5) is 14.0. The number of nitrogens with one attached hydrogen (secondary N) is 1. The fraction of sp³-hybridized carbons (Fsp3) is 0.417. The van der Waals surface area contributed by atoms with Gasteiger partial charge in [-0.3, -0.25) is 4.79 Å². The number of carbonyl (C=O) groups excluding carboxylic acids is 1. The molecule has 3 rings (SSSR count). The molecule has 2 aromatic carbocycles. The first-order valence-corrected chi connectivity index (χ1v) is 10.3. The summed E-state index contributed by atoms with van der Waals surface area (Å²) >= 11 is 0. The van der Waals surface area contributed by atoms with E-state index in [2.05, 4.69) is 46.6 Å². The Bertz CT molecular complexity index is 832. The van der Waals surface area contributed by atoms with Crippen LogP contribution in [0.25, 0.3) is 0 Å². The number of rotatable bonds is 7. The third kappa shape index (κ3) is 5.51. The van der Waals surface area contributed by atoms with Crippen molar-refractivity contribution >= 4 is 11.6 Å². The first kappa shape index (κ1) is 20.7. The van der Waals surface area contributed by atoms with Crippen LogP contribution in [-0.4, -0.2) is 25.6 Å². The monoisotopic (exact) mass is 391 g/mol. The predicted octanol–water partition coefficient (Wildman–Crippen LogP) is 4.56. The molecule has 1 amide bonds. The van der Waals surface area contributed by atoms with E-state index in [-0.39, 0.29) is 18.4 Å². The summed E-state index contributed by atoms with van der Waals surface area (Å²) in [6, 6.07) is 18.7. The Hall–Kier alpha value is -3.00. The standard InChI is InChI=1S/C24H29N3O2/c1-3-29-23-10-8-22(9-11-23)27-16-13-21(14-17-27)20-6-4-19(5-7-20)18(2)26-24(28)12-15-25/h4-11,18,21H,3,12-14,16-17H2,1-2H3,(H,26,28). The van der Waals surface area contributed by atoms with E-state index in [9.17, 15) is 4.79 Å². The molecule has 0 bridgehead atoms. The highest BCUT2D eigenvalue weighted by Gasteiger charge is 2.21. The molecule has 29 heavy (non-hydrogen) atoms. The van der Waals surface area contributed by atoms with Crippen LogP contribution in [0.15, 0.2) is 48.5 Å². The van der Waals surface area contributed by atoms with E-state index in [1.54, 1.807) is 0 Å². The van der Waals surface area contributed by atoms with Gasteiger partial charge in [0.25, 0.3) is 0 Å². The molecule has 5 nitrogen and oxygen atoms in total. The van der Waals surface area contributed by atoms with Crippen LogP contribution in [0.2, 0.25) is 0 Å². The molecule has 1 saturated heterocycles. The average molecular weight is 392 g/mol. The van der Waals surface area contributed by atoms with Crippen LogP contribution in [-0.2, 0) is 4.79 Å². The number of ether oxygens (including phenoxy) is 1. The summed E-state index contributed by atoms with van der Waals surface area (Å²) < 4.78 is 5.53. The first-order chi connectivity index (χ1) is 14.1. The average Bonchev–Trinajstić information content (AvgIpc) is 2.75. The lowest BCUT2D eigenvalue weighted by atomic mass is 9.88. The zero-order valence-corrected chi connectivity index (χ0v) is 17.2. The largest absolute Gasteiger partial charge is 0.494 e. The molecular formula is C24H29N3O2. The maximum Gasteiger partial charge on any atom is 0.234 e. The van der Waals surface area contributed by atoms with Crippen LogP contribution < -0.4 is 15.0 Å². The number of nitriles is 1. The van der Waals surface area contributed by atoms with Gasteiger partial charge in [-0.05, 0) is 68.0 Å². The Balaban J connectivity index is 1.54. The van der Waals surface area contributed by atoms with Crippen molar-refractivity contribution in [3.63, 3.8) is 0 Å². The SMILES string of the molecule is CCOc1ccc(N2CCC(c3ccc(C(C)NC(=O)CC#N)cc3)CC2)cc1. The van der Waals surface area contributed by atoms with Crippen molar-refractivity contribution in [1.29, 1.82) is 5.26 Å². The van der Waals surface area contributed by atoms with Gasteiger partial charge in [-0.25, -0.2) is 0 Å². The molecule has 1 aliphatic heterocycles. The first-order valence-electron chi connectivity index (χ1n) is 10.3. The van der Waals surface area contributed by atoms with Crippen molar-refractivity contribution in [1.82, 2.24) is 5.32 Å². The number of piperidine rings is 1. The number of nitrogens with zero attached hydrogens (tertiary/aromatic N) is 2. The number of carbonyl (C=O) groups is 1. The Morgan fingerprint density at radius 2 is 1.83 bits per heavy atom. The summed E-state index contributed by atoms with van der Waals surface area (Å²) in [5, 5.41) is 11.5. The van der Waals surface area contributed by atoms with E-state index >= 15 is 0 Å². The zero-order valence-electron chi connectivity index (χ0n) is 17.2. The highest BCUT2D eigenvalue weighted by molar-refractivity contribution is 5.78. The molecule has 152 valence electrons. The molecule has 1 N–H and O–H groups in total. The van der Waals surface area contributed by atoms with Crippen molar-refractivity contribution in [2.45, 2.75) is 45.1 Å². The zero-order chi connectivity index (χ0) is 20.6. The van der Waals surface area contributed by atoms with E-state index in [1.165, 1.54) is 11.3 Å². The van der Waals surface area contributed by atoms with Gasteiger partial charge < -0.3 is 15.0 Å². The lowest BCUT2D eigenvalue weighted by Gasteiger charge is -2.34. The van der Waals surface area contributed by atoms with Crippen molar-refractivity contribution in [3.8, 4) is 11.8 Å². The van der Waals surface area contributed by atoms with Crippen LogP contribution in [0.3, 0.4) is 0 Å². The summed E-state index contributed by atoms with van der Waals surface area (Å²) in [5.74, 6) is 1.25. The third-order valence-corrected chi connectivity index (χ3v) is 5.53. The van der Waals surface area contributed by atoms with Gasteiger partial charge >= 0.3 is 0 Å². The summed E-state index contributed by atoms with van der Waals surface area (Å²) in [7, 11) is 0. The molecule has 0 aromatic heterocycles. The van der Waals surface area contributed by atoms with Gasteiger partial charge in [0.2, 0.25) is 5.91 Å². The van der Waals surface area contributed by atoms with E-state index < -0.39 is 0 Å². The second-order valence-electron chi connectivity index (χ2n) is 7.48. The fourth-order valence-electron chi connectivity index (χ4n) is 3.90. The maximum absolute atomic E-state index is 11.6. The Labute approximate surface area is 173 Å². The lowest BCUT2D eigenvalue weighted by Crippen LogP contribution is -2.32. The Morgan fingerprint density at radius 1 is 1.17 bits per heavy atom. The van der Waals surface area contributed by atoms with Crippen LogP contribution in [0.1, 0.15) is 56.2 Å². The molecule has 0 saturated carbocycles. The number of benzene rings is 2. The molecule has 0 spiro atoms. The van der Waals surface area contributed by atoms with Gasteiger partial charge in [-0.15, -0.1) is 0 Å². The molecule has 1 fully saturated rings. The topological polar surface area (TPSA) is 65.4 Å². The minimum atomic E-state index is -0.231. The second-order valence-corrected chi connectivity index (χ2v) is 7.48. The van der Waals surface area contributed by atoms with Crippen LogP contribution in [0.5, 0.6) is 5.75 Å². The van der Waals surface area contributed by atoms with Crippen molar-refractivity contribution in [2.75, 3.05) is 24.6 Å². The number of anilines is 1. The van der Waals surface area contributed by atoms with Crippen molar-refractivity contribution in [2.24, 2.45) is 0 Å². The van der Waals surface area contributed by atoms with Gasteiger partial charge in [0.1, 0.15) is 12.2 Å². The molecule has 1 unspecified atom stereocenters. The smallest absolute Gasteiger partial charge is 0.234 e. The summed E-state index contributed by atoms with van der Waals surface area (Å²) in [6.45, 7) is 6.72. The molecule has 2 aromatic rings. The molecule has 1 heterocycles. The second kappa shape index (κ2) is 9.97. The minimum Gasteiger partial charge on any atom is -0.494 e. The highest BCUT2D eigenvalue weighted by Crippen LogP contribution is 2.31. The van der Waals surface area contributed by atoms with Gasteiger partial charge in [-0.2, -0.15) is 5.26 Å². The quantitative estimate of drug-likeness (QED) is 0.751. The van der Waals surface area contributed by atoms with Crippen LogP contribution in [0, 0.1) is 11.3 Å². The Kier molecular flexibility index (Phi) is 7.13. The van der Waals surface area contributed by atoms with Crippen LogP contribution >= 0.6 is 0 Å². The molecular weight excluding hydrogens is 362 g/mol. The fourth-order valence-corrected chi connectivity index (χ4v) is 3.90. The molecule has 0 aliphatic carbocycles. The highest BCUT2D eigenvalue weighted by atomic mass is 16.5. The lowest BCUT2D eigenvalue weighted by molar-refractivity contribution is -0.120. The summed E-state index contributed by atoms with van der Waals surface area (Å²) in [6.07, 6.45) is 2.15. The number of hydrogen-bond acceptors (Lipinski definition) is 4. The minimum absolute atomic E-state index is 0.0913. The molecule has 5 heteroatoms. The molecule has 1 atom stereocenters. The normalized spacial score (nSPS) is 15.4. The van der Waals surface area contributed by atoms with E-state index in [0.717, 1.165) is 37.2 Å². The van der Waals surface area contributed by atoms with E-state index in [1.807, 2.05) is 32.0 Å².